The minimum absolute atomic E-state index is 0.0136. The molecule has 1 aromatic rings. The fourth-order valence-corrected chi connectivity index (χ4v) is 1.72. The summed E-state index contributed by atoms with van der Waals surface area (Å²) in [6.07, 6.45) is 7.71. The number of hydrogen-bond acceptors (Lipinski definition) is 1. The predicted molar refractivity (Wildman–Crippen MR) is 79.2 cm³/mol. The van der Waals surface area contributed by atoms with E-state index in [1.807, 2.05) is 62.4 Å². The summed E-state index contributed by atoms with van der Waals surface area (Å²) in [5, 5.41) is 9.56. The summed E-state index contributed by atoms with van der Waals surface area (Å²) in [7, 11) is 0. The highest BCUT2D eigenvalue weighted by Gasteiger charge is 2.05. The Morgan fingerprint density at radius 3 is 2.44 bits per heavy atom. The number of hydrogen-bond donors (Lipinski definition) is 1. The average Bonchev–Trinajstić information content (AvgIpc) is 2.43. The quantitative estimate of drug-likeness (QED) is 0.767. The lowest BCUT2D eigenvalue weighted by Crippen LogP contribution is -1.97. The molecule has 94 valence electrons. The molecule has 0 radical (unpaired) electrons. The van der Waals surface area contributed by atoms with Gasteiger partial charge in [0, 0.05) is 0 Å². The molecule has 1 aromatic carbocycles. The first kappa shape index (κ1) is 14.2. The summed E-state index contributed by atoms with van der Waals surface area (Å²) >= 11 is 0. The third-order valence-corrected chi connectivity index (χ3v) is 2.80. The van der Waals surface area contributed by atoms with Crippen molar-refractivity contribution < 1.29 is 5.11 Å². The molecular weight excluding hydrogens is 220 g/mol. The van der Waals surface area contributed by atoms with Crippen LogP contribution in [0.15, 0.2) is 71.9 Å². The van der Waals surface area contributed by atoms with Gasteiger partial charge in [-0.1, -0.05) is 55.1 Å². The van der Waals surface area contributed by atoms with E-state index in [9.17, 15) is 5.11 Å². The summed E-state index contributed by atoms with van der Waals surface area (Å²) in [5.41, 5.74) is 4.14. The van der Waals surface area contributed by atoms with Gasteiger partial charge in [0.15, 0.2) is 0 Å². The molecule has 1 heteroatoms. The molecule has 0 bridgehead atoms. The van der Waals surface area contributed by atoms with Crippen molar-refractivity contribution in [3.05, 3.63) is 77.4 Å². The van der Waals surface area contributed by atoms with Crippen molar-refractivity contribution in [1.29, 1.82) is 0 Å². The van der Waals surface area contributed by atoms with Gasteiger partial charge in [-0.3, -0.25) is 0 Å². The van der Waals surface area contributed by atoms with E-state index in [-0.39, 0.29) is 6.61 Å². The van der Waals surface area contributed by atoms with Gasteiger partial charge in [-0.2, -0.15) is 0 Å². The van der Waals surface area contributed by atoms with Crippen LogP contribution in [0.5, 0.6) is 0 Å². The lowest BCUT2D eigenvalue weighted by Gasteiger charge is -2.10. The topological polar surface area (TPSA) is 20.2 Å². The van der Waals surface area contributed by atoms with E-state index < -0.39 is 0 Å². The monoisotopic (exact) mass is 240 g/mol. The summed E-state index contributed by atoms with van der Waals surface area (Å²) in [6, 6.07) is 9.99. The number of rotatable bonds is 5. The van der Waals surface area contributed by atoms with Gasteiger partial charge in [0.1, 0.15) is 0 Å². The number of allylic oxidation sites excluding steroid dienone is 4. The molecular formula is C17H20O. The highest BCUT2D eigenvalue weighted by molar-refractivity contribution is 5.63. The van der Waals surface area contributed by atoms with Crippen LogP contribution in [0.2, 0.25) is 0 Å². The molecule has 0 heterocycles. The van der Waals surface area contributed by atoms with Crippen LogP contribution in [-0.2, 0) is 0 Å². The maximum Gasteiger partial charge on any atom is 0.0687 e. The van der Waals surface area contributed by atoms with Crippen LogP contribution in [0.3, 0.4) is 0 Å². The zero-order valence-electron chi connectivity index (χ0n) is 11.1. The zero-order valence-corrected chi connectivity index (χ0v) is 11.1. The Bertz CT molecular complexity index is 476. The molecule has 0 unspecified atom stereocenters. The first-order chi connectivity index (χ1) is 8.72. The Labute approximate surface area is 109 Å². The Morgan fingerprint density at radius 2 is 1.94 bits per heavy atom. The van der Waals surface area contributed by atoms with Gasteiger partial charge in [0.25, 0.3) is 0 Å². The van der Waals surface area contributed by atoms with Gasteiger partial charge in [0.05, 0.1) is 6.61 Å². The molecule has 0 fully saturated rings. The second kappa shape index (κ2) is 7.46. The summed E-state index contributed by atoms with van der Waals surface area (Å²) in [6.45, 7) is 7.76. The molecule has 0 spiro atoms. The van der Waals surface area contributed by atoms with Gasteiger partial charge >= 0.3 is 0 Å². The molecule has 0 aliphatic carbocycles. The molecule has 1 N–H and O–H groups in total. The molecule has 18 heavy (non-hydrogen) atoms. The van der Waals surface area contributed by atoms with Crippen molar-refractivity contribution in [1.82, 2.24) is 0 Å². The second-order valence-electron chi connectivity index (χ2n) is 4.03. The van der Waals surface area contributed by atoms with Crippen molar-refractivity contribution >= 4 is 6.08 Å². The normalized spacial score (nSPS) is 13.6. The maximum atomic E-state index is 9.56. The van der Waals surface area contributed by atoms with Gasteiger partial charge < -0.3 is 5.11 Å². The highest BCUT2D eigenvalue weighted by atomic mass is 16.3. The highest BCUT2D eigenvalue weighted by Crippen LogP contribution is 2.21. The van der Waals surface area contributed by atoms with Crippen LogP contribution in [0, 0.1) is 0 Å². The number of benzene rings is 1. The maximum absolute atomic E-state index is 9.56. The second-order valence-corrected chi connectivity index (χ2v) is 4.03. The molecule has 0 saturated carbocycles. The van der Waals surface area contributed by atoms with E-state index in [0.717, 1.165) is 22.3 Å². The van der Waals surface area contributed by atoms with E-state index in [2.05, 4.69) is 6.58 Å². The molecule has 0 amide bonds. The molecule has 1 nitrogen and oxygen atoms in total. The van der Waals surface area contributed by atoms with Crippen LogP contribution < -0.4 is 0 Å². The Kier molecular flexibility index (Phi) is 5.89. The van der Waals surface area contributed by atoms with Crippen molar-refractivity contribution in [2.24, 2.45) is 0 Å². The van der Waals surface area contributed by atoms with Gasteiger partial charge in [-0.25, -0.2) is 0 Å². The third kappa shape index (κ3) is 3.86. The van der Waals surface area contributed by atoms with Gasteiger partial charge in [-0.05, 0) is 42.2 Å². The van der Waals surface area contributed by atoms with Crippen LogP contribution >= 0.6 is 0 Å². The molecule has 0 saturated heterocycles. The summed E-state index contributed by atoms with van der Waals surface area (Å²) in [4.78, 5) is 0. The van der Waals surface area contributed by atoms with Crippen LogP contribution in [0.4, 0.5) is 0 Å². The number of aliphatic hydroxyl groups excluding tert-OH is 1. The van der Waals surface area contributed by atoms with Gasteiger partial charge in [-0.15, -0.1) is 0 Å². The summed E-state index contributed by atoms with van der Waals surface area (Å²) < 4.78 is 0. The van der Waals surface area contributed by atoms with Crippen LogP contribution in [0.25, 0.3) is 6.08 Å². The minimum Gasteiger partial charge on any atom is -0.392 e. The van der Waals surface area contributed by atoms with Crippen molar-refractivity contribution in [2.75, 3.05) is 6.61 Å². The van der Waals surface area contributed by atoms with Crippen molar-refractivity contribution in [3.8, 4) is 0 Å². The number of aliphatic hydroxyl groups is 1. The first-order valence-electron chi connectivity index (χ1n) is 6.05. The molecule has 0 aliphatic heterocycles. The largest absolute Gasteiger partial charge is 0.392 e. The predicted octanol–water partition coefficient (Wildman–Crippen LogP) is 4.14. The van der Waals surface area contributed by atoms with Crippen LogP contribution in [-0.4, -0.2) is 11.7 Å². The molecule has 0 atom stereocenters. The van der Waals surface area contributed by atoms with Crippen molar-refractivity contribution in [2.45, 2.75) is 13.8 Å². The Balaban J connectivity index is 3.19. The zero-order chi connectivity index (χ0) is 13.4. The van der Waals surface area contributed by atoms with Crippen molar-refractivity contribution in [3.63, 3.8) is 0 Å². The lowest BCUT2D eigenvalue weighted by molar-refractivity contribution is 0.334. The van der Waals surface area contributed by atoms with Gasteiger partial charge in [0.2, 0.25) is 0 Å². The molecule has 0 aliphatic rings. The Hall–Kier alpha value is -1.86. The van der Waals surface area contributed by atoms with E-state index in [4.69, 9.17) is 0 Å². The van der Waals surface area contributed by atoms with E-state index >= 15 is 0 Å². The van der Waals surface area contributed by atoms with E-state index in [1.165, 1.54) is 0 Å². The SMILES string of the molecule is C=C/C=C(C(\C)=C/C)/C(=C\c1ccccc1)CO. The Morgan fingerprint density at radius 1 is 1.28 bits per heavy atom. The molecule has 0 aromatic heterocycles. The first-order valence-corrected chi connectivity index (χ1v) is 6.05. The van der Waals surface area contributed by atoms with E-state index in [0.29, 0.717) is 0 Å². The summed E-state index contributed by atoms with van der Waals surface area (Å²) in [5.74, 6) is 0. The fourth-order valence-electron chi connectivity index (χ4n) is 1.72. The molecule has 1 rings (SSSR count). The third-order valence-electron chi connectivity index (χ3n) is 2.80. The van der Waals surface area contributed by atoms with Crippen LogP contribution in [0.1, 0.15) is 19.4 Å². The smallest absolute Gasteiger partial charge is 0.0687 e. The van der Waals surface area contributed by atoms with E-state index in [1.54, 1.807) is 6.08 Å². The standard InChI is InChI=1S/C17H20O/c1-4-9-17(14(3)5-2)16(13-18)12-15-10-7-6-8-11-15/h4-12,18H,1,13H2,2-3H3/b14-5-,16-12-,17-9+. The minimum atomic E-state index is 0.0136. The fraction of sp³-hybridized carbons (Fsp3) is 0.176. The average molecular weight is 240 g/mol. The lowest BCUT2D eigenvalue weighted by atomic mass is 9.96.